The highest BCUT2D eigenvalue weighted by atomic mass is 16.5. The molecule has 0 aromatic carbocycles. The third-order valence-corrected chi connectivity index (χ3v) is 12.2. The van der Waals surface area contributed by atoms with Crippen molar-refractivity contribution in [1.29, 1.82) is 0 Å². The Morgan fingerprint density at radius 2 is 1.78 bits per heavy atom. The van der Waals surface area contributed by atoms with Gasteiger partial charge in [0.05, 0.1) is 18.8 Å². The van der Waals surface area contributed by atoms with Crippen molar-refractivity contribution in [3.63, 3.8) is 0 Å². The van der Waals surface area contributed by atoms with Gasteiger partial charge in [-0.2, -0.15) is 0 Å². The van der Waals surface area contributed by atoms with Crippen molar-refractivity contribution in [1.82, 2.24) is 5.53 Å². The first-order valence-corrected chi connectivity index (χ1v) is 17.6. The van der Waals surface area contributed by atoms with Crippen molar-refractivity contribution >= 4 is 12.4 Å². The van der Waals surface area contributed by atoms with Crippen LogP contribution < -0.4 is 28.6 Å². The first kappa shape index (κ1) is 40.3. The number of nitrogens with two attached hydrogens (primary N) is 4. The molecule has 11 N–H and O–H groups in total. The Balaban J connectivity index is 0.000000723. The van der Waals surface area contributed by atoms with E-state index in [1.165, 1.54) is 44.9 Å². The predicted molar refractivity (Wildman–Crippen MR) is 185 cm³/mol. The fourth-order valence-electron chi connectivity index (χ4n) is 9.45. The number of hydrazone groups is 1. The number of hydrogen-bond acceptors (Lipinski definition) is 8. The Labute approximate surface area is 278 Å². The molecule has 1 heterocycles. The average molecular weight is 653 g/mol. The SMILES string of the molecule is CCC(OCC1(N)CCOCC1)C(C)C1CCC2C(=CCC3CC(CC(C)C)CCC32C)C1(C)C(C)O.NNN=C(N)N.O=CO. The van der Waals surface area contributed by atoms with E-state index in [4.69, 9.17) is 36.6 Å². The van der Waals surface area contributed by atoms with E-state index in [2.05, 4.69) is 65.5 Å². The van der Waals surface area contributed by atoms with Crippen LogP contribution in [0.15, 0.2) is 16.8 Å². The number of hydrogen-bond donors (Lipinski definition) is 7. The molecule has 46 heavy (non-hydrogen) atoms. The summed E-state index contributed by atoms with van der Waals surface area (Å²) in [4.78, 5) is 8.36. The standard InChI is InChI=1S/C33H59NO3.CH7N5.CH2O2/c1-8-30(37-21-33(34)15-17-36-18-16-33)23(4)27-11-12-28-29(32(27,7)24(5)35)10-9-26-20-25(19-22(2)3)13-14-31(26,28)6;2-1(3)5-6-4;2-1-3/h10,22-28,30,35H,8-9,11-21,34H2,1-7H3;6H,4H2,(H4,2,3,5);1H,(H,2,3). The van der Waals surface area contributed by atoms with Crippen LogP contribution in [0.3, 0.4) is 0 Å². The molecule has 9 atom stereocenters. The lowest BCUT2D eigenvalue weighted by Crippen LogP contribution is -2.55. The third kappa shape index (κ3) is 9.81. The first-order chi connectivity index (χ1) is 21.6. The maximum absolute atomic E-state index is 11.4. The summed E-state index contributed by atoms with van der Waals surface area (Å²) in [5.74, 6) is 8.47. The smallest absolute Gasteiger partial charge is 0.290 e. The summed E-state index contributed by atoms with van der Waals surface area (Å²) in [6.45, 7) is 18.3. The molecular weight excluding hydrogens is 584 g/mol. The lowest BCUT2D eigenvalue weighted by molar-refractivity contribution is -0.122. The molecule has 11 nitrogen and oxygen atoms in total. The van der Waals surface area contributed by atoms with E-state index in [1.807, 2.05) is 5.53 Å². The molecule has 0 radical (unpaired) electrons. The molecule has 11 heteroatoms. The van der Waals surface area contributed by atoms with Crippen LogP contribution in [-0.2, 0) is 14.3 Å². The Morgan fingerprint density at radius 1 is 1.15 bits per heavy atom. The summed E-state index contributed by atoms with van der Waals surface area (Å²) in [7, 11) is 0. The number of allylic oxidation sites excluding steroid dienone is 1. The second-order valence-corrected chi connectivity index (χ2v) is 15.4. The Hall–Kier alpha value is -1.92. The quantitative estimate of drug-likeness (QED) is 0.0440. The van der Waals surface area contributed by atoms with Crippen LogP contribution in [0.1, 0.15) is 113 Å². The minimum atomic E-state index is -0.361. The van der Waals surface area contributed by atoms with Gasteiger partial charge in [-0.05, 0) is 112 Å². The van der Waals surface area contributed by atoms with Gasteiger partial charge in [0, 0.05) is 24.2 Å². The molecule has 268 valence electrons. The van der Waals surface area contributed by atoms with Crippen LogP contribution in [0.2, 0.25) is 0 Å². The topological polar surface area (TPSA) is 204 Å². The van der Waals surface area contributed by atoms with Crippen molar-refractivity contribution in [3.8, 4) is 0 Å². The lowest BCUT2D eigenvalue weighted by Gasteiger charge is -2.61. The number of guanidine groups is 1. The molecular formula is C35H68N6O5. The molecule has 0 amide bonds. The molecule has 4 aliphatic rings. The zero-order valence-corrected chi connectivity index (χ0v) is 29.8. The van der Waals surface area contributed by atoms with Crippen LogP contribution in [0.25, 0.3) is 0 Å². The zero-order chi connectivity index (χ0) is 34.7. The van der Waals surface area contributed by atoms with Crippen molar-refractivity contribution < 1.29 is 24.5 Å². The Bertz CT molecular complexity index is 983. The minimum Gasteiger partial charge on any atom is -0.483 e. The molecule has 9 unspecified atom stereocenters. The monoisotopic (exact) mass is 653 g/mol. The van der Waals surface area contributed by atoms with Crippen molar-refractivity contribution in [2.45, 2.75) is 130 Å². The molecule has 0 aromatic heterocycles. The summed E-state index contributed by atoms with van der Waals surface area (Å²) in [5.41, 5.74) is 19.7. The Morgan fingerprint density at radius 3 is 2.28 bits per heavy atom. The van der Waals surface area contributed by atoms with E-state index < -0.39 is 0 Å². The summed E-state index contributed by atoms with van der Waals surface area (Å²) in [5, 5.41) is 21.4. The molecule has 2 saturated carbocycles. The van der Waals surface area contributed by atoms with Gasteiger partial charge in [0.25, 0.3) is 6.47 Å². The minimum absolute atomic E-state index is 0.0718. The van der Waals surface area contributed by atoms with E-state index in [0.29, 0.717) is 29.8 Å². The fourth-order valence-corrected chi connectivity index (χ4v) is 9.45. The first-order valence-electron chi connectivity index (χ1n) is 17.6. The normalized spacial score (nSPS) is 33.6. The van der Waals surface area contributed by atoms with Crippen LogP contribution >= 0.6 is 0 Å². The molecule has 3 fully saturated rings. The number of fused-ring (bicyclic) bond motifs is 3. The highest BCUT2D eigenvalue weighted by Gasteiger charge is 2.57. The van der Waals surface area contributed by atoms with Gasteiger partial charge in [0.2, 0.25) is 5.96 Å². The summed E-state index contributed by atoms with van der Waals surface area (Å²) < 4.78 is 12.2. The van der Waals surface area contributed by atoms with Gasteiger partial charge in [-0.1, -0.05) is 53.2 Å². The molecule has 1 aliphatic heterocycles. The maximum Gasteiger partial charge on any atom is 0.290 e. The summed E-state index contributed by atoms with van der Waals surface area (Å²) in [6, 6.07) is 0. The number of carbonyl (C=O) groups is 1. The largest absolute Gasteiger partial charge is 0.483 e. The fraction of sp³-hybridized carbons (Fsp3) is 0.886. The van der Waals surface area contributed by atoms with Gasteiger partial charge in [-0.25, -0.2) is 11.4 Å². The number of nitrogens with one attached hydrogen (secondary N) is 1. The van der Waals surface area contributed by atoms with Crippen LogP contribution in [0, 0.1) is 46.3 Å². The van der Waals surface area contributed by atoms with E-state index in [1.54, 1.807) is 5.57 Å². The number of nitrogens with zero attached hydrogens (tertiary/aromatic N) is 1. The van der Waals surface area contributed by atoms with Gasteiger partial charge >= 0.3 is 0 Å². The number of hydrazine groups is 1. The highest BCUT2D eigenvalue weighted by molar-refractivity contribution is 5.75. The van der Waals surface area contributed by atoms with Gasteiger partial charge in [-0.15, -0.1) is 5.10 Å². The third-order valence-electron chi connectivity index (χ3n) is 12.2. The second kappa shape index (κ2) is 18.0. The Kier molecular flexibility index (Phi) is 15.8. The number of aliphatic hydroxyl groups excluding tert-OH is 1. The second-order valence-electron chi connectivity index (χ2n) is 15.4. The van der Waals surface area contributed by atoms with E-state index in [0.717, 1.165) is 50.2 Å². The molecule has 0 bridgehead atoms. The lowest BCUT2D eigenvalue weighted by atomic mass is 9.44. The van der Waals surface area contributed by atoms with Gasteiger partial charge < -0.3 is 36.9 Å². The summed E-state index contributed by atoms with van der Waals surface area (Å²) in [6.07, 6.45) is 14.3. The van der Waals surface area contributed by atoms with Crippen LogP contribution in [-0.4, -0.2) is 60.2 Å². The van der Waals surface area contributed by atoms with Gasteiger partial charge in [-0.3, -0.25) is 4.79 Å². The molecule has 0 spiro atoms. The molecule has 0 aromatic rings. The number of ether oxygens (including phenoxy) is 2. The van der Waals surface area contributed by atoms with Crippen LogP contribution in [0.4, 0.5) is 0 Å². The maximum atomic E-state index is 11.4. The van der Waals surface area contributed by atoms with E-state index in [-0.39, 0.29) is 35.6 Å². The molecule has 3 aliphatic carbocycles. The zero-order valence-electron chi connectivity index (χ0n) is 29.8. The summed E-state index contributed by atoms with van der Waals surface area (Å²) >= 11 is 0. The van der Waals surface area contributed by atoms with Crippen molar-refractivity contribution in [2.24, 2.45) is 74.5 Å². The predicted octanol–water partition coefficient (Wildman–Crippen LogP) is 4.48. The molecule has 1 saturated heterocycles. The van der Waals surface area contributed by atoms with Gasteiger partial charge in [0.15, 0.2) is 0 Å². The van der Waals surface area contributed by atoms with E-state index in [9.17, 15) is 5.11 Å². The number of aliphatic hydroxyl groups is 1. The highest BCUT2D eigenvalue weighted by Crippen LogP contribution is 2.64. The van der Waals surface area contributed by atoms with E-state index >= 15 is 0 Å². The molecule has 4 rings (SSSR count). The number of carboxylic acid groups (broad SMARTS) is 1. The van der Waals surface area contributed by atoms with Crippen molar-refractivity contribution in [2.75, 3.05) is 19.8 Å². The van der Waals surface area contributed by atoms with Crippen LogP contribution in [0.5, 0.6) is 0 Å². The van der Waals surface area contributed by atoms with Gasteiger partial charge in [0.1, 0.15) is 0 Å². The van der Waals surface area contributed by atoms with Crippen molar-refractivity contribution in [3.05, 3.63) is 11.6 Å². The average Bonchev–Trinajstić information content (AvgIpc) is 2.98. The number of rotatable bonds is 10.